The molecular formula is C16H13Br2NO4. The summed E-state index contributed by atoms with van der Waals surface area (Å²) in [6.07, 6.45) is -1.14. The summed E-state index contributed by atoms with van der Waals surface area (Å²) < 4.78 is 18.0. The molecule has 1 aliphatic rings. The van der Waals surface area contributed by atoms with Gasteiger partial charge >= 0.3 is 6.09 Å². The molecule has 120 valence electrons. The maximum absolute atomic E-state index is 12.1. The number of hydrogen-bond acceptors (Lipinski definition) is 4. The molecule has 0 radical (unpaired) electrons. The molecule has 1 fully saturated rings. The monoisotopic (exact) mass is 441 g/mol. The number of halogens is 2. The molecule has 1 saturated heterocycles. The summed E-state index contributed by atoms with van der Waals surface area (Å²) in [6, 6.07) is 12.7. The Hall–Kier alpha value is -1.41. The largest absolute Gasteiger partial charge is 0.417 e. The third-order valence-corrected chi connectivity index (χ3v) is 4.17. The minimum Gasteiger partial charge on any atom is -0.408 e. The van der Waals surface area contributed by atoms with Gasteiger partial charge in [0, 0.05) is 10.2 Å². The van der Waals surface area contributed by atoms with Crippen molar-refractivity contribution >= 4 is 43.6 Å². The van der Waals surface area contributed by atoms with E-state index in [0.29, 0.717) is 34.7 Å². The van der Waals surface area contributed by atoms with Crippen LogP contribution in [0.1, 0.15) is 11.9 Å². The predicted molar refractivity (Wildman–Crippen MR) is 92.6 cm³/mol. The maximum atomic E-state index is 12.1. The smallest absolute Gasteiger partial charge is 0.408 e. The molecule has 2 aromatic carbocycles. The highest BCUT2D eigenvalue weighted by Gasteiger charge is 2.25. The van der Waals surface area contributed by atoms with Gasteiger partial charge in [0.05, 0.1) is 23.2 Å². The van der Waals surface area contributed by atoms with Crippen LogP contribution in [0.2, 0.25) is 0 Å². The number of carbonyl (C=O) groups excluding carboxylic acids is 1. The topological polar surface area (TPSA) is 56.8 Å². The fourth-order valence-electron chi connectivity index (χ4n) is 2.16. The summed E-state index contributed by atoms with van der Waals surface area (Å²) in [4.78, 5) is 12.1. The molecule has 23 heavy (non-hydrogen) atoms. The van der Waals surface area contributed by atoms with Gasteiger partial charge in [0.15, 0.2) is 12.0 Å². The highest BCUT2D eigenvalue weighted by Crippen LogP contribution is 2.39. The van der Waals surface area contributed by atoms with Crippen molar-refractivity contribution in [2.75, 3.05) is 18.5 Å². The predicted octanol–water partition coefficient (Wildman–Crippen LogP) is 4.87. The van der Waals surface area contributed by atoms with Crippen molar-refractivity contribution in [3.63, 3.8) is 0 Å². The third-order valence-electron chi connectivity index (χ3n) is 3.13. The van der Waals surface area contributed by atoms with E-state index in [-0.39, 0.29) is 0 Å². The first-order valence-electron chi connectivity index (χ1n) is 6.89. The summed E-state index contributed by atoms with van der Waals surface area (Å²) in [5.41, 5.74) is 1.30. The van der Waals surface area contributed by atoms with Crippen molar-refractivity contribution in [2.45, 2.75) is 6.29 Å². The van der Waals surface area contributed by atoms with Gasteiger partial charge in [0.25, 0.3) is 0 Å². The number of amides is 1. The second-order valence-electron chi connectivity index (χ2n) is 4.76. The summed E-state index contributed by atoms with van der Waals surface area (Å²) in [5.74, 6) is 0.369. The van der Waals surface area contributed by atoms with Gasteiger partial charge in [-0.05, 0) is 40.2 Å². The summed E-state index contributed by atoms with van der Waals surface area (Å²) >= 11 is 6.83. The Morgan fingerprint density at radius 3 is 2.52 bits per heavy atom. The first-order valence-corrected chi connectivity index (χ1v) is 8.48. The quantitative estimate of drug-likeness (QED) is 0.736. The van der Waals surface area contributed by atoms with Crippen LogP contribution in [0.15, 0.2) is 51.4 Å². The van der Waals surface area contributed by atoms with Crippen LogP contribution in [-0.4, -0.2) is 19.3 Å². The molecule has 0 unspecified atom stereocenters. The van der Waals surface area contributed by atoms with Crippen LogP contribution in [0.3, 0.4) is 0 Å². The normalized spacial score (nSPS) is 14.7. The second-order valence-corrected chi connectivity index (χ2v) is 6.53. The molecule has 0 bridgehead atoms. The van der Waals surface area contributed by atoms with Crippen molar-refractivity contribution in [1.82, 2.24) is 0 Å². The molecule has 5 nitrogen and oxygen atoms in total. The molecule has 0 aliphatic carbocycles. The zero-order chi connectivity index (χ0) is 16.2. The number of benzene rings is 2. The summed E-state index contributed by atoms with van der Waals surface area (Å²) in [5, 5.41) is 2.67. The van der Waals surface area contributed by atoms with Crippen LogP contribution in [0.5, 0.6) is 5.75 Å². The Morgan fingerprint density at radius 2 is 1.83 bits per heavy atom. The van der Waals surface area contributed by atoms with Crippen molar-refractivity contribution < 1.29 is 19.0 Å². The Bertz CT molecular complexity index is 703. The average Bonchev–Trinajstić information content (AvgIpc) is 3.05. The van der Waals surface area contributed by atoms with Gasteiger partial charge < -0.3 is 14.2 Å². The Morgan fingerprint density at radius 1 is 1.13 bits per heavy atom. The fourth-order valence-corrected chi connectivity index (χ4v) is 3.50. The van der Waals surface area contributed by atoms with Crippen LogP contribution in [0.25, 0.3) is 0 Å². The molecule has 1 amide bonds. The van der Waals surface area contributed by atoms with E-state index in [1.54, 1.807) is 18.2 Å². The lowest BCUT2D eigenvalue weighted by Crippen LogP contribution is -2.18. The van der Waals surface area contributed by atoms with Gasteiger partial charge in [-0.15, -0.1) is 0 Å². The number of para-hydroxylation sites is 1. The Balaban J connectivity index is 1.82. The molecule has 1 N–H and O–H groups in total. The number of nitrogens with one attached hydrogen (secondary N) is 1. The fraction of sp³-hybridized carbons (Fsp3) is 0.188. The number of ether oxygens (including phenoxy) is 3. The number of carbonyl (C=O) groups is 1. The van der Waals surface area contributed by atoms with Crippen molar-refractivity contribution in [3.8, 4) is 5.75 Å². The van der Waals surface area contributed by atoms with Crippen molar-refractivity contribution in [2.24, 2.45) is 0 Å². The van der Waals surface area contributed by atoms with Crippen LogP contribution >= 0.6 is 31.9 Å². The first kappa shape index (κ1) is 16.4. The van der Waals surface area contributed by atoms with Gasteiger partial charge in [-0.1, -0.05) is 34.1 Å². The van der Waals surface area contributed by atoms with E-state index >= 15 is 0 Å². The molecule has 1 aliphatic heterocycles. The van der Waals surface area contributed by atoms with Gasteiger partial charge in [0.1, 0.15) is 0 Å². The minimum absolute atomic E-state index is 0.369. The van der Waals surface area contributed by atoms with E-state index in [1.807, 2.05) is 24.3 Å². The van der Waals surface area contributed by atoms with E-state index in [4.69, 9.17) is 14.2 Å². The molecule has 7 heteroatoms. The SMILES string of the molecule is O=C(Nc1ccccc1)Oc1c(Br)cc(Br)cc1C1OCCO1. The van der Waals surface area contributed by atoms with Crippen molar-refractivity contribution in [3.05, 3.63) is 57.0 Å². The Kier molecular flexibility index (Phi) is 5.32. The van der Waals surface area contributed by atoms with E-state index < -0.39 is 12.4 Å². The zero-order valence-electron chi connectivity index (χ0n) is 11.9. The van der Waals surface area contributed by atoms with Gasteiger partial charge in [-0.2, -0.15) is 0 Å². The standard InChI is InChI=1S/C16H13Br2NO4/c17-10-8-12(15-21-6-7-22-15)14(13(18)9-10)23-16(20)19-11-4-2-1-3-5-11/h1-5,8-9,15H,6-7H2,(H,19,20). The first-order chi connectivity index (χ1) is 11.1. The van der Waals surface area contributed by atoms with E-state index in [9.17, 15) is 4.79 Å². The molecule has 0 aromatic heterocycles. The lowest BCUT2D eigenvalue weighted by molar-refractivity contribution is -0.0453. The van der Waals surface area contributed by atoms with E-state index in [0.717, 1.165) is 4.47 Å². The van der Waals surface area contributed by atoms with Gasteiger partial charge in [0.2, 0.25) is 0 Å². The molecule has 1 heterocycles. The molecule has 2 aromatic rings. The lowest BCUT2D eigenvalue weighted by Gasteiger charge is -2.17. The molecule has 3 rings (SSSR count). The van der Waals surface area contributed by atoms with Crippen LogP contribution in [0, 0.1) is 0 Å². The average molecular weight is 443 g/mol. The molecular weight excluding hydrogens is 430 g/mol. The number of anilines is 1. The van der Waals surface area contributed by atoms with Gasteiger partial charge in [-0.25, -0.2) is 4.79 Å². The summed E-state index contributed by atoms with van der Waals surface area (Å²) in [7, 11) is 0. The van der Waals surface area contributed by atoms with E-state index in [1.165, 1.54) is 0 Å². The minimum atomic E-state index is -0.585. The Labute approximate surface area is 150 Å². The van der Waals surface area contributed by atoms with Crippen LogP contribution in [0.4, 0.5) is 10.5 Å². The lowest BCUT2D eigenvalue weighted by atomic mass is 10.2. The number of rotatable bonds is 3. The third kappa shape index (κ3) is 4.11. The number of hydrogen-bond donors (Lipinski definition) is 1. The maximum Gasteiger partial charge on any atom is 0.417 e. The zero-order valence-corrected chi connectivity index (χ0v) is 15.1. The molecule has 0 spiro atoms. The van der Waals surface area contributed by atoms with Crippen LogP contribution < -0.4 is 10.1 Å². The van der Waals surface area contributed by atoms with Gasteiger partial charge in [-0.3, -0.25) is 5.32 Å². The summed E-state index contributed by atoms with van der Waals surface area (Å²) in [6.45, 7) is 1.01. The highest BCUT2D eigenvalue weighted by molar-refractivity contribution is 9.11. The second kappa shape index (κ2) is 7.44. The van der Waals surface area contributed by atoms with Crippen molar-refractivity contribution in [1.29, 1.82) is 0 Å². The van der Waals surface area contributed by atoms with Crippen LogP contribution in [-0.2, 0) is 9.47 Å². The highest BCUT2D eigenvalue weighted by atomic mass is 79.9. The van der Waals surface area contributed by atoms with E-state index in [2.05, 4.69) is 37.2 Å². The molecule has 0 saturated carbocycles. The molecule has 0 atom stereocenters.